The largest absolute Gasteiger partial charge is 0.399 e. The molecule has 1 amide bonds. The fourth-order valence-electron chi connectivity index (χ4n) is 1.69. The molecule has 2 rings (SSSR count). The van der Waals surface area contributed by atoms with Crippen molar-refractivity contribution in [3.63, 3.8) is 0 Å². The summed E-state index contributed by atoms with van der Waals surface area (Å²) in [4.78, 5) is 26.5. The maximum absolute atomic E-state index is 12.1. The number of benzene rings is 1. The van der Waals surface area contributed by atoms with E-state index >= 15 is 0 Å². The Kier molecular flexibility index (Phi) is 3.60. The molecule has 0 unspecified atom stereocenters. The number of nitrogens with one attached hydrogen (secondary N) is 1. The van der Waals surface area contributed by atoms with Gasteiger partial charge in [0.1, 0.15) is 11.4 Å². The number of carbonyl (C=O) groups excluding carboxylic acids is 1. The van der Waals surface area contributed by atoms with Gasteiger partial charge in [-0.2, -0.15) is 0 Å². The molecule has 0 saturated heterocycles. The van der Waals surface area contributed by atoms with Gasteiger partial charge in [0.15, 0.2) is 0 Å². The van der Waals surface area contributed by atoms with Crippen molar-refractivity contribution in [3.8, 4) is 0 Å². The number of hydrogen-bond acceptors (Lipinski definition) is 5. The van der Waals surface area contributed by atoms with Crippen LogP contribution in [0.2, 0.25) is 0 Å². The van der Waals surface area contributed by atoms with Crippen LogP contribution in [0.4, 0.5) is 17.2 Å². The zero-order chi connectivity index (χ0) is 14.7. The summed E-state index contributed by atoms with van der Waals surface area (Å²) in [6.07, 6.45) is 0. The number of nitrogens with zero attached hydrogens (tertiary/aromatic N) is 2. The van der Waals surface area contributed by atoms with Crippen molar-refractivity contribution in [2.24, 2.45) is 0 Å². The van der Waals surface area contributed by atoms with Crippen molar-refractivity contribution < 1.29 is 9.72 Å². The number of anilines is 2. The number of nitro groups is 1. The van der Waals surface area contributed by atoms with E-state index in [1.165, 1.54) is 18.2 Å². The topological polar surface area (TPSA) is 111 Å². The first-order chi connectivity index (χ1) is 9.47. The summed E-state index contributed by atoms with van der Waals surface area (Å²) < 4.78 is 0. The number of rotatable bonds is 3. The van der Waals surface area contributed by atoms with Crippen LogP contribution in [0.15, 0.2) is 36.4 Å². The van der Waals surface area contributed by atoms with Gasteiger partial charge in [0.2, 0.25) is 0 Å². The van der Waals surface area contributed by atoms with E-state index in [1.807, 2.05) is 0 Å². The van der Waals surface area contributed by atoms with Gasteiger partial charge in [-0.05, 0) is 31.2 Å². The van der Waals surface area contributed by atoms with Crippen LogP contribution in [-0.2, 0) is 0 Å². The van der Waals surface area contributed by atoms with Crippen LogP contribution in [0.1, 0.15) is 16.1 Å². The highest BCUT2D eigenvalue weighted by Crippen LogP contribution is 2.22. The first-order valence-corrected chi connectivity index (χ1v) is 5.76. The van der Waals surface area contributed by atoms with Gasteiger partial charge in [0.25, 0.3) is 11.6 Å². The van der Waals surface area contributed by atoms with Gasteiger partial charge >= 0.3 is 0 Å². The molecule has 1 aromatic heterocycles. The van der Waals surface area contributed by atoms with Crippen LogP contribution < -0.4 is 11.1 Å². The van der Waals surface area contributed by atoms with Gasteiger partial charge in [-0.1, -0.05) is 6.07 Å². The van der Waals surface area contributed by atoms with Crippen LogP contribution in [0, 0.1) is 17.0 Å². The molecule has 0 fully saturated rings. The van der Waals surface area contributed by atoms with Gasteiger partial charge in [-0.15, -0.1) is 0 Å². The SMILES string of the molecule is Cc1cccc(NC(=O)c2cc(N)ccc2[N+](=O)[O-])n1. The third-order valence-corrected chi connectivity index (χ3v) is 2.59. The van der Waals surface area contributed by atoms with E-state index < -0.39 is 10.8 Å². The summed E-state index contributed by atoms with van der Waals surface area (Å²) >= 11 is 0. The quantitative estimate of drug-likeness (QED) is 0.505. The predicted octanol–water partition coefficient (Wildman–Crippen LogP) is 2.13. The Bertz CT molecular complexity index is 685. The number of amides is 1. The lowest BCUT2D eigenvalue weighted by Crippen LogP contribution is -2.15. The number of aromatic nitrogens is 1. The molecule has 102 valence electrons. The van der Waals surface area contributed by atoms with E-state index in [0.717, 1.165) is 5.69 Å². The smallest absolute Gasteiger partial charge is 0.282 e. The van der Waals surface area contributed by atoms with Crippen molar-refractivity contribution in [1.82, 2.24) is 4.98 Å². The van der Waals surface area contributed by atoms with Crippen molar-refractivity contribution in [2.45, 2.75) is 6.92 Å². The monoisotopic (exact) mass is 272 g/mol. The fourth-order valence-corrected chi connectivity index (χ4v) is 1.69. The van der Waals surface area contributed by atoms with E-state index in [2.05, 4.69) is 10.3 Å². The molecule has 7 nitrogen and oxygen atoms in total. The molecule has 0 aliphatic rings. The highest BCUT2D eigenvalue weighted by atomic mass is 16.6. The molecule has 0 saturated carbocycles. The molecule has 0 bridgehead atoms. The second-order valence-electron chi connectivity index (χ2n) is 4.15. The number of nitrogens with two attached hydrogens (primary N) is 1. The molecule has 0 atom stereocenters. The van der Waals surface area contributed by atoms with Crippen molar-refractivity contribution in [2.75, 3.05) is 11.1 Å². The average Bonchev–Trinajstić information content (AvgIpc) is 2.38. The summed E-state index contributed by atoms with van der Waals surface area (Å²) in [7, 11) is 0. The molecule has 2 aromatic rings. The van der Waals surface area contributed by atoms with E-state index in [9.17, 15) is 14.9 Å². The second kappa shape index (κ2) is 5.35. The minimum Gasteiger partial charge on any atom is -0.399 e. The molecule has 0 aliphatic heterocycles. The van der Waals surface area contributed by atoms with Crippen LogP contribution in [0.5, 0.6) is 0 Å². The van der Waals surface area contributed by atoms with Crippen molar-refractivity contribution in [3.05, 3.63) is 57.8 Å². The maximum atomic E-state index is 12.1. The van der Waals surface area contributed by atoms with E-state index in [-0.39, 0.29) is 16.9 Å². The highest BCUT2D eigenvalue weighted by Gasteiger charge is 2.20. The third-order valence-electron chi connectivity index (χ3n) is 2.59. The van der Waals surface area contributed by atoms with E-state index in [4.69, 9.17) is 5.73 Å². The molecule has 0 spiro atoms. The van der Waals surface area contributed by atoms with Crippen LogP contribution in [-0.4, -0.2) is 15.8 Å². The molecule has 7 heteroatoms. The lowest BCUT2D eigenvalue weighted by Gasteiger charge is -2.06. The van der Waals surface area contributed by atoms with Gasteiger partial charge in [-0.25, -0.2) is 4.98 Å². The third kappa shape index (κ3) is 2.89. The van der Waals surface area contributed by atoms with E-state index in [1.54, 1.807) is 25.1 Å². The van der Waals surface area contributed by atoms with Crippen molar-refractivity contribution >= 4 is 23.1 Å². The lowest BCUT2D eigenvalue weighted by molar-refractivity contribution is -0.385. The zero-order valence-electron chi connectivity index (χ0n) is 10.7. The average molecular weight is 272 g/mol. The molecule has 1 aromatic carbocycles. The van der Waals surface area contributed by atoms with Crippen LogP contribution in [0.3, 0.4) is 0 Å². The van der Waals surface area contributed by atoms with Gasteiger partial charge < -0.3 is 11.1 Å². The Balaban J connectivity index is 2.34. The number of carbonyl (C=O) groups is 1. The minimum atomic E-state index is -0.627. The highest BCUT2D eigenvalue weighted by molar-refractivity contribution is 6.07. The first-order valence-electron chi connectivity index (χ1n) is 5.76. The molecule has 0 radical (unpaired) electrons. The number of pyridine rings is 1. The molecule has 3 N–H and O–H groups in total. The Hall–Kier alpha value is -2.96. The van der Waals surface area contributed by atoms with Crippen LogP contribution >= 0.6 is 0 Å². The summed E-state index contributed by atoms with van der Waals surface area (Å²) in [5, 5.41) is 13.4. The molecular formula is C13H12N4O3. The maximum Gasteiger partial charge on any atom is 0.282 e. The molecule has 1 heterocycles. The summed E-state index contributed by atoms with van der Waals surface area (Å²) in [6.45, 7) is 1.78. The standard InChI is InChI=1S/C13H12N4O3/c1-8-3-2-4-12(15-8)16-13(18)10-7-9(14)5-6-11(10)17(19)20/h2-7H,14H2,1H3,(H,15,16,18). The Morgan fingerprint density at radius 3 is 2.75 bits per heavy atom. The van der Waals surface area contributed by atoms with Gasteiger partial charge in [-0.3, -0.25) is 14.9 Å². The number of nitrogen functional groups attached to an aromatic ring is 1. The number of hydrogen-bond donors (Lipinski definition) is 2. The second-order valence-corrected chi connectivity index (χ2v) is 4.15. The predicted molar refractivity (Wildman–Crippen MR) is 74.4 cm³/mol. The zero-order valence-corrected chi connectivity index (χ0v) is 10.7. The lowest BCUT2D eigenvalue weighted by atomic mass is 10.1. The normalized spacial score (nSPS) is 10.1. The fraction of sp³-hybridized carbons (Fsp3) is 0.0769. The Morgan fingerprint density at radius 1 is 1.35 bits per heavy atom. The number of nitro benzene ring substituents is 1. The van der Waals surface area contributed by atoms with Crippen LogP contribution in [0.25, 0.3) is 0 Å². The molecule has 0 aliphatic carbocycles. The Morgan fingerprint density at radius 2 is 2.10 bits per heavy atom. The van der Waals surface area contributed by atoms with Crippen molar-refractivity contribution in [1.29, 1.82) is 0 Å². The van der Waals surface area contributed by atoms with Gasteiger partial charge in [0.05, 0.1) is 4.92 Å². The summed E-state index contributed by atoms with van der Waals surface area (Å²) in [5.41, 5.74) is 6.17. The summed E-state index contributed by atoms with van der Waals surface area (Å²) in [5.74, 6) is -0.297. The summed E-state index contributed by atoms with van der Waals surface area (Å²) in [6, 6.07) is 8.95. The Labute approximate surface area is 114 Å². The van der Waals surface area contributed by atoms with Gasteiger partial charge in [0, 0.05) is 17.4 Å². The van der Waals surface area contributed by atoms with E-state index in [0.29, 0.717) is 5.82 Å². The molecular weight excluding hydrogens is 260 g/mol. The minimum absolute atomic E-state index is 0.0988. The number of aryl methyl sites for hydroxylation is 1. The first kappa shape index (κ1) is 13.5. The molecule has 20 heavy (non-hydrogen) atoms.